The zero-order valence-electron chi connectivity index (χ0n) is 32.2. The first-order valence-corrected chi connectivity index (χ1v) is 17.9. The van der Waals surface area contributed by atoms with Gasteiger partial charge in [0.1, 0.15) is 0 Å². The number of phenols is 1. The molecule has 6 rings (SSSR count). The minimum Gasteiger partial charge on any atom is -0.504 e. The van der Waals surface area contributed by atoms with Gasteiger partial charge in [-0.25, -0.2) is 9.97 Å². The van der Waals surface area contributed by atoms with Gasteiger partial charge in [-0.15, -0.1) is 10.2 Å². The number of methoxy groups -OCH3 is 4. The highest BCUT2D eigenvalue weighted by molar-refractivity contribution is 5.70. The Morgan fingerprint density at radius 1 is 0.574 bits per heavy atom. The molecule has 0 aliphatic heterocycles. The van der Waals surface area contributed by atoms with Crippen molar-refractivity contribution in [1.82, 2.24) is 30.4 Å². The Morgan fingerprint density at radius 2 is 1.07 bits per heavy atom. The molecule has 0 saturated carbocycles. The minimum atomic E-state index is 0.101. The number of hydrogen-bond donors (Lipinski definition) is 1. The van der Waals surface area contributed by atoms with E-state index in [0.717, 1.165) is 52.6 Å². The van der Waals surface area contributed by atoms with Crippen molar-refractivity contribution in [2.75, 3.05) is 28.4 Å². The Labute approximate surface area is 317 Å². The molecule has 2 atom stereocenters. The van der Waals surface area contributed by atoms with Gasteiger partial charge in [-0.3, -0.25) is 0 Å². The summed E-state index contributed by atoms with van der Waals surface area (Å²) in [7, 11) is 6.31. The molecule has 11 nitrogen and oxygen atoms in total. The summed E-state index contributed by atoms with van der Waals surface area (Å²) < 4.78 is 21.6. The molecule has 0 aliphatic carbocycles. The van der Waals surface area contributed by atoms with E-state index in [2.05, 4.69) is 70.6 Å². The lowest BCUT2D eigenvalue weighted by Crippen LogP contribution is -2.09. The predicted molar refractivity (Wildman–Crippen MR) is 210 cm³/mol. The second-order valence-corrected chi connectivity index (χ2v) is 12.9. The summed E-state index contributed by atoms with van der Waals surface area (Å²) >= 11 is 0. The van der Waals surface area contributed by atoms with Crippen LogP contribution in [0.15, 0.2) is 91.0 Å². The molecule has 54 heavy (non-hydrogen) atoms. The molecule has 4 aromatic carbocycles. The van der Waals surface area contributed by atoms with Crippen LogP contribution in [0.4, 0.5) is 0 Å². The molecule has 1 unspecified atom stereocenters. The topological polar surface area (TPSA) is 134 Å². The minimum absolute atomic E-state index is 0.101. The molecule has 6 aromatic rings. The van der Waals surface area contributed by atoms with Gasteiger partial charge >= 0.3 is 0 Å². The summed E-state index contributed by atoms with van der Waals surface area (Å²) in [5.74, 6) is 4.28. The Kier molecular flexibility index (Phi) is 13.5. The Bertz CT molecular complexity index is 2110. The third-order valence-electron chi connectivity index (χ3n) is 9.24. The maximum atomic E-state index is 9.78. The molecule has 2 heterocycles. The smallest absolute Gasteiger partial charge is 0.203 e. The normalized spacial score (nSPS) is 11.9. The van der Waals surface area contributed by atoms with Crippen LogP contribution in [0.5, 0.6) is 28.7 Å². The number of aromatic hydroxyl groups is 1. The van der Waals surface area contributed by atoms with Crippen LogP contribution in [0.1, 0.15) is 66.3 Å². The van der Waals surface area contributed by atoms with Crippen LogP contribution in [-0.2, 0) is 12.8 Å². The fourth-order valence-electron chi connectivity index (χ4n) is 6.20. The number of phenolic OH excluding ortho intramolecular Hbond substituents is 1. The SMILES string of the molecule is CCC(Cc1nnc(C)c(-c2cc(OC)c(OC)c(OC)c2)n1)c1ccccc1.COc1cc(-c2nc(C[C@H](C)c3ccccc3)nnc2C)ccc1O. The lowest BCUT2D eigenvalue weighted by molar-refractivity contribution is 0.324. The third kappa shape index (κ3) is 9.46. The van der Waals surface area contributed by atoms with Crippen molar-refractivity contribution in [3.63, 3.8) is 0 Å². The molecular formula is C43H48N6O5. The molecule has 0 radical (unpaired) electrons. The summed E-state index contributed by atoms with van der Waals surface area (Å²) in [5.41, 5.74) is 7.23. The van der Waals surface area contributed by atoms with Crippen molar-refractivity contribution < 1.29 is 24.1 Å². The fraction of sp³-hybridized carbons (Fsp3) is 0.302. The zero-order valence-corrected chi connectivity index (χ0v) is 32.2. The first kappa shape index (κ1) is 39.1. The molecule has 2 aromatic heterocycles. The molecule has 0 saturated heterocycles. The van der Waals surface area contributed by atoms with Gasteiger partial charge in [-0.1, -0.05) is 74.5 Å². The van der Waals surface area contributed by atoms with Crippen molar-refractivity contribution in [2.24, 2.45) is 0 Å². The Balaban J connectivity index is 0.000000210. The van der Waals surface area contributed by atoms with Crippen LogP contribution in [0.2, 0.25) is 0 Å². The van der Waals surface area contributed by atoms with Gasteiger partial charge < -0.3 is 24.1 Å². The van der Waals surface area contributed by atoms with E-state index in [-0.39, 0.29) is 5.75 Å². The van der Waals surface area contributed by atoms with E-state index in [9.17, 15) is 5.11 Å². The molecule has 0 bridgehead atoms. The standard InChI is InChI=1S/C23H27N3O3.C20H21N3O2/c1-6-16(17-10-8-7-9-11-17)14-21-24-22(15(2)25-26-21)18-12-19(27-3)23(29-5)20(13-18)28-4;1-13(15-7-5-4-6-8-15)11-19-21-20(14(2)22-23-19)16-9-10-17(24)18(12-16)25-3/h7-13,16H,6,14H2,1-5H3;4-10,12-13,24H,11H2,1-3H3/t;13-/m.0/s1. The second-order valence-electron chi connectivity index (χ2n) is 12.9. The summed E-state index contributed by atoms with van der Waals surface area (Å²) in [5, 5.41) is 27.0. The van der Waals surface area contributed by atoms with Crippen LogP contribution in [-0.4, -0.2) is 63.9 Å². The van der Waals surface area contributed by atoms with E-state index >= 15 is 0 Å². The van der Waals surface area contributed by atoms with Gasteiger partial charge in [0.15, 0.2) is 34.6 Å². The van der Waals surface area contributed by atoms with Gasteiger partial charge in [-0.05, 0) is 73.6 Å². The van der Waals surface area contributed by atoms with Gasteiger partial charge in [0, 0.05) is 24.0 Å². The highest BCUT2D eigenvalue weighted by atomic mass is 16.5. The van der Waals surface area contributed by atoms with Crippen LogP contribution < -0.4 is 18.9 Å². The van der Waals surface area contributed by atoms with Crippen molar-refractivity contribution in [3.8, 4) is 51.3 Å². The lowest BCUT2D eigenvalue weighted by Gasteiger charge is -2.16. The Morgan fingerprint density at radius 3 is 1.59 bits per heavy atom. The van der Waals surface area contributed by atoms with Gasteiger partial charge in [0.05, 0.1) is 51.2 Å². The number of nitrogens with zero attached hydrogens (tertiary/aromatic N) is 6. The number of aromatic nitrogens is 6. The van der Waals surface area contributed by atoms with Gasteiger partial charge in [0.25, 0.3) is 0 Å². The van der Waals surface area contributed by atoms with Crippen LogP contribution in [0, 0.1) is 13.8 Å². The highest BCUT2D eigenvalue weighted by Crippen LogP contribution is 2.41. The monoisotopic (exact) mass is 728 g/mol. The summed E-state index contributed by atoms with van der Waals surface area (Å²) in [6, 6.07) is 29.7. The Hall–Kier alpha value is -6.10. The summed E-state index contributed by atoms with van der Waals surface area (Å²) in [6.07, 6.45) is 2.44. The van der Waals surface area contributed by atoms with Crippen LogP contribution in [0.3, 0.4) is 0 Å². The average molecular weight is 729 g/mol. The number of rotatable bonds is 13. The maximum Gasteiger partial charge on any atom is 0.203 e. The number of benzene rings is 4. The quantitative estimate of drug-likeness (QED) is 0.123. The van der Waals surface area contributed by atoms with Crippen molar-refractivity contribution >= 4 is 0 Å². The maximum absolute atomic E-state index is 9.78. The largest absolute Gasteiger partial charge is 0.504 e. The van der Waals surface area contributed by atoms with E-state index in [4.69, 9.17) is 28.9 Å². The second kappa shape index (κ2) is 18.6. The van der Waals surface area contributed by atoms with Gasteiger partial charge in [-0.2, -0.15) is 10.2 Å². The number of ether oxygens (including phenoxy) is 4. The molecule has 1 N–H and O–H groups in total. The van der Waals surface area contributed by atoms with Crippen molar-refractivity contribution in [3.05, 3.63) is 125 Å². The van der Waals surface area contributed by atoms with E-state index in [1.165, 1.54) is 18.2 Å². The van der Waals surface area contributed by atoms with Gasteiger partial charge in [0.2, 0.25) is 5.75 Å². The summed E-state index contributed by atoms with van der Waals surface area (Å²) in [4.78, 5) is 9.54. The highest BCUT2D eigenvalue weighted by Gasteiger charge is 2.19. The first-order chi connectivity index (χ1) is 26.2. The molecule has 0 fully saturated rings. The average Bonchev–Trinajstić information content (AvgIpc) is 3.21. The third-order valence-corrected chi connectivity index (χ3v) is 9.24. The number of hydrogen-bond acceptors (Lipinski definition) is 11. The lowest BCUT2D eigenvalue weighted by atomic mass is 9.93. The van der Waals surface area contributed by atoms with Crippen LogP contribution >= 0.6 is 0 Å². The van der Waals surface area contributed by atoms with Crippen molar-refractivity contribution in [1.29, 1.82) is 0 Å². The van der Waals surface area contributed by atoms with E-state index in [1.807, 2.05) is 50.2 Å². The van der Waals surface area contributed by atoms with E-state index in [1.54, 1.807) is 39.5 Å². The fourth-order valence-corrected chi connectivity index (χ4v) is 6.20. The number of aryl methyl sites for hydroxylation is 2. The molecule has 0 amide bonds. The van der Waals surface area contributed by atoms with Crippen molar-refractivity contribution in [2.45, 2.75) is 58.8 Å². The van der Waals surface area contributed by atoms with E-state index < -0.39 is 0 Å². The zero-order chi connectivity index (χ0) is 38.6. The molecule has 0 spiro atoms. The first-order valence-electron chi connectivity index (χ1n) is 17.9. The summed E-state index contributed by atoms with van der Waals surface area (Å²) in [6.45, 7) is 8.11. The molecule has 0 aliphatic rings. The molecule has 11 heteroatoms. The molecule has 280 valence electrons. The molecular weight excluding hydrogens is 681 g/mol. The predicted octanol–water partition coefficient (Wildman–Crippen LogP) is 8.52. The van der Waals surface area contributed by atoms with Crippen LogP contribution in [0.25, 0.3) is 22.5 Å². The van der Waals surface area contributed by atoms with E-state index in [0.29, 0.717) is 47.1 Å².